The van der Waals surface area contributed by atoms with E-state index in [1.807, 2.05) is 30.5 Å². The number of carbonyl (C=O) groups excluding carboxylic acids is 1. The number of likely N-dealkylation sites (tertiary alicyclic amines) is 1. The maximum absolute atomic E-state index is 12.2. The zero-order chi connectivity index (χ0) is 16.1. The van der Waals surface area contributed by atoms with Crippen molar-refractivity contribution < 1.29 is 4.79 Å². The SMILES string of the molecule is C=Cc1ccc(C(=O)NC[C@@H]2CCN(Cc3cnc[nH]3)C2)cc1. The van der Waals surface area contributed by atoms with Crippen molar-refractivity contribution in [1.29, 1.82) is 0 Å². The number of carbonyl (C=O) groups is 1. The van der Waals surface area contributed by atoms with Crippen LogP contribution in [0.25, 0.3) is 6.08 Å². The first-order chi connectivity index (χ1) is 11.2. The lowest BCUT2D eigenvalue weighted by Gasteiger charge is -2.15. The third kappa shape index (κ3) is 4.07. The average Bonchev–Trinajstić information content (AvgIpc) is 3.25. The minimum Gasteiger partial charge on any atom is -0.352 e. The minimum absolute atomic E-state index is 0.00682. The molecule has 1 amide bonds. The smallest absolute Gasteiger partial charge is 0.251 e. The molecule has 5 heteroatoms. The van der Waals surface area contributed by atoms with Crippen LogP contribution >= 0.6 is 0 Å². The predicted octanol–water partition coefficient (Wildman–Crippen LogP) is 2.30. The molecule has 2 N–H and O–H groups in total. The Morgan fingerprint density at radius 3 is 2.96 bits per heavy atom. The largest absolute Gasteiger partial charge is 0.352 e. The number of H-pyrrole nitrogens is 1. The highest BCUT2D eigenvalue weighted by Gasteiger charge is 2.23. The zero-order valence-electron chi connectivity index (χ0n) is 13.2. The van der Waals surface area contributed by atoms with Gasteiger partial charge in [0.05, 0.1) is 6.33 Å². The van der Waals surface area contributed by atoms with Crippen LogP contribution < -0.4 is 5.32 Å². The zero-order valence-corrected chi connectivity index (χ0v) is 13.2. The van der Waals surface area contributed by atoms with Crippen LogP contribution in [0.1, 0.15) is 28.0 Å². The maximum atomic E-state index is 12.2. The number of nitrogens with zero attached hydrogens (tertiary/aromatic N) is 2. The van der Waals surface area contributed by atoms with Crippen LogP contribution in [0, 0.1) is 5.92 Å². The molecule has 0 radical (unpaired) electrons. The second kappa shape index (κ2) is 7.24. The van der Waals surface area contributed by atoms with E-state index in [1.54, 1.807) is 12.4 Å². The van der Waals surface area contributed by atoms with E-state index < -0.39 is 0 Å². The quantitative estimate of drug-likeness (QED) is 0.860. The summed E-state index contributed by atoms with van der Waals surface area (Å²) in [4.78, 5) is 21.7. The molecule has 0 bridgehead atoms. The van der Waals surface area contributed by atoms with Gasteiger partial charge in [0.2, 0.25) is 0 Å². The van der Waals surface area contributed by atoms with E-state index in [-0.39, 0.29) is 5.91 Å². The molecular weight excluding hydrogens is 288 g/mol. The number of amides is 1. The molecule has 0 unspecified atom stereocenters. The molecule has 120 valence electrons. The van der Waals surface area contributed by atoms with Gasteiger partial charge in [-0.15, -0.1) is 0 Å². The highest BCUT2D eigenvalue weighted by Crippen LogP contribution is 2.17. The van der Waals surface area contributed by atoms with Gasteiger partial charge in [0.1, 0.15) is 0 Å². The summed E-state index contributed by atoms with van der Waals surface area (Å²) in [6.45, 7) is 7.41. The first kappa shape index (κ1) is 15.5. The molecule has 1 saturated heterocycles. The van der Waals surface area contributed by atoms with Gasteiger partial charge in [0, 0.05) is 37.1 Å². The van der Waals surface area contributed by atoms with Crippen LogP contribution in [0.5, 0.6) is 0 Å². The van der Waals surface area contributed by atoms with Gasteiger partial charge < -0.3 is 10.3 Å². The average molecular weight is 310 g/mol. The van der Waals surface area contributed by atoms with E-state index in [2.05, 4.69) is 26.8 Å². The van der Waals surface area contributed by atoms with E-state index in [0.717, 1.165) is 43.9 Å². The molecule has 2 aromatic rings. The van der Waals surface area contributed by atoms with Gasteiger partial charge in [-0.1, -0.05) is 24.8 Å². The Morgan fingerprint density at radius 1 is 1.43 bits per heavy atom. The third-order valence-electron chi connectivity index (χ3n) is 4.28. The van der Waals surface area contributed by atoms with Crippen LogP contribution in [0.2, 0.25) is 0 Å². The van der Waals surface area contributed by atoms with Gasteiger partial charge in [0.15, 0.2) is 0 Å². The molecule has 1 aromatic heterocycles. The maximum Gasteiger partial charge on any atom is 0.251 e. The summed E-state index contributed by atoms with van der Waals surface area (Å²) in [6, 6.07) is 7.49. The van der Waals surface area contributed by atoms with Crippen molar-refractivity contribution in [3.63, 3.8) is 0 Å². The monoisotopic (exact) mass is 310 g/mol. The molecule has 23 heavy (non-hydrogen) atoms. The normalized spacial score (nSPS) is 18.0. The second-order valence-corrected chi connectivity index (χ2v) is 6.00. The second-order valence-electron chi connectivity index (χ2n) is 6.00. The van der Waals surface area contributed by atoms with Gasteiger partial charge in [0.25, 0.3) is 5.91 Å². The summed E-state index contributed by atoms with van der Waals surface area (Å²) >= 11 is 0. The van der Waals surface area contributed by atoms with E-state index in [9.17, 15) is 4.79 Å². The van der Waals surface area contributed by atoms with Crippen molar-refractivity contribution in [2.75, 3.05) is 19.6 Å². The lowest BCUT2D eigenvalue weighted by atomic mass is 10.1. The van der Waals surface area contributed by atoms with Crippen LogP contribution in [-0.4, -0.2) is 40.4 Å². The number of benzene rings is 1. The molecule has 1 aliphatic rings. The van der Waals surface area contributed by atoms with Crippen LogP contribution in [-0.2, 0) is 6.54 Å². The number of aromatic nitrogens is 2. The van der Waals surface area contributed by atoms with Crippen molar-refractivity contribution >= 4 is 12.0 Å². The number of aromatic amines is 1. The molecule has 0 saturated carbocycles. The predicted molar refractivity (Wildman–Crippen MR) is 90.8 cm³/mol. The van der Waals surface area contributed by atoms with Gasteiger partial charge in [-0.3, -0.25) is 9.69 Å². The van der Waals surface area contributed by atoms with Crippen LogP contribution in [0.4, 0.5) is 0 Å². The molecule has 5 nitrogen and oxygen atoms in total. The lowest BCUT2D eigenvalue weighted by Crippen LogP contribution is -2.31. The highest BCUT2D eigenvalue weighted by atomic mass is 16.1. The fourth-order valence-electron chi connectivity index (χ4n) is 2.94. The highest BCUT2D eigenvalue weighted by molar-refractivity contribution is 5.94. The summed E-state index contributed by atoms with van der Waals surface area (Å²) < 4.78 is 0. The van der Waals surface area contributed by atoms with Crippen molar-refractivity contribution in [3.05, 3.63) is 60.2 Å². The summed E-state index contributed by atoms with van der Waals surface area (Å²) in [5.41, 5.74) is 2.85. The Hall–Kier alpha value is -2.40. The Balaban J connectivity index is 1.45. The first-order valence-electron chi connectivity index (χ1n) is 7.95. The third-order valence-corrected chi connectivity index (χ3v) is 4.28. The van der Waals surface area contributed by atoms with Gasteiger partial charge in [-0.25, -0.2) is 4.98 Å². The molecule has 1 atom stereocenters. The van der Waals surface area contributed by atoms with Crippen LogP contribution in [0.15, 0.2) is 43.4 Å². The number of hydrogen-bond donors (Lipinski definition) is 2. The van der Waals surface area contributed by atoms with Crippen LogP contribution in [0.3, 0.4) is 0 Å². The lowest BCUT2D eigenvalue weighted by molar-refractivity contribution is 0.0947. The molecule has 2 heterocycles. The molecule has 1 fully saturated rings. The van der Waals surface area contributed by atoms with Crippen molar-refractivity contribution in [3.8, 4) is 0 Å². The van der Waals surface area contributed by atoms with Crippen molar-refractivity contribution in [2.24, 2.45) is 5.92 Å². The van der Waals surface area contributed by atoms with Gasteiger partial charge in [-0.2, -0.15) is 0 Å². The topological polar surface area (TPSA) is 61.0 Å². The number of imidazole rings is 1. The Bertz CT molecular complexity index is 648. The summed E-state index contributed by atoms with van der Waals surface area (Å²) in [5.74, 6) is 0.502. The van der Waals surface area contributed by atoms with E-state index in [1.165, 1.54) is 0 Å². The molecular formula is C18H22N4O. The van der Waals surface area contributed by atoms with E-state index in [0.29, 0.717) is 11.5 Å². The summed E-state index contributed by atoms with van der Waals surface area (Å²) in [7, 11) is 0. The number of rotatable bonds is 6. The van der Waals surface area contributed by atoms with E-state index >= 15 is 0 Å². The number of nitrogens with one attached hydrogen (secondary N) is 2. The fourth-order valence-corrected chi connectivity index (χ4v) is 2.94. The molecule has 1 aliphatic heterocycles. The molecule has 0 aliphatic carbocycles. The standard InChI is InChI=1S/C18H22N4O/c1-2-14-3-5-16(6-4-14)18(23)20-9-15-7-8-22(11-15)12-17-10-19-13-21-17/h2-6,10,13,15H,1,7-9,11-12H2,(H,19,21)(H,20,23)/t15-/m0/s1. The molecule has 0 spiro atoms. The number of hydrogen-bond acceptors (Lipinski definition) is 3. The van der Waals surface area contributed by atoms with E-state index in [4.69, 9.17) is 0 Å². The summed E-state index contributed by atoms with van der Waals surface area (Å²) in [6.07, 6.45) is 6.46. The van der Waals surface area contributed by atoms with Gasteiger partial charge >= 0.3 is 0 Å². The molecule has 1 aromatic carbocycles. The minimum atomic E-state index is -0.00682. The molecule has 3 rings (SSSR count). The Labute approximate surface area is 136 Å². The van der Waals surface area contributed by atoms with Gasteiger partial charge in [-0.05, 0) is 36.6 Å². The fraction of sp³-hybridized carbons (Fsp3) is 0.333. The first-order valence-corrected chi connectivity index (χ1v) is 7.95. The Morgan fingerprint density at radius 2 is 2.26 bits per heavy atom. The summed E-state index contributed by atoms with van der Waals surface area (Å²) in [5, 5.41) is 3.05. The van der Waals surface area contributed by atoms with Crippen molar-refractivity contribution in [1.82, 2.24) is 20.2 Å². The van der Waals surface area contributed by atoms with Crippen molar-refractivity contribution in [2.45, 2.75) is 13.0 Å². The Kier molecular flexibility index (Phi) is 4.88.